The van der Waals surface area contributed by atoms with Gasteiger partial charge in [0, 0.05) is 5.69 Å². The van der Waals surface area contributed by atoms with Crippen molar-refractivity contribution in [2.75, 3.05) is 17.9 Å². The fourth-order valence-electron chi connectivity index (χ4n) is 2.21. The molecule has 1 aliphatic rings. The molecular formula is C17H19NO4S. The van der Waals surface area contributed by atoms with Crippen LogP contribution in [0.15, 0.2) is 53.4 Å². The second-order valence-corrected chi connectivity index (χ2v) is 7.04. The molecule has 2 aromatic rings. The predicted octanol–water partition coefficient (Wildman–Crippen LogP) is 2.83. The van der Waals surface area contributed by atoms with Crippen molar-refractivity contribution >= 4 is 15.7 Å². The minimum Gasteiger partial charge on any atom is -0.491 e. The van der Waals surface area contributed by atoms with Gasteiger partial charge in [0.15, 0.2) is 0 Å². The summed E-state index contributed by atoms with van der Waals surface area (Å²) in [5, 5.41) is 0. The van der Waals surface area contributed by atoms with E-state index in [1.807, 2.05) is 13.0 Å². The fraction of sp³-hybridized carbons (Fsp3) is 0.294. The minimum absolute atomic E-state index is 0.169. The van der Waals surface area contributed by atoms with Crippen molar-refractivity contribution in [3.63, 3.8) is 0 Å². The van der Waals surface area contributed by atoms with E-state index in [0.717, 1.165) is 12.2 Å². The topological polar surface area (TPSA) is 67.9 Å². The van der Waals surface area contributed by atoms with Crippen molar-refractivity contribution in [3.05, 3.63) is 54.1 Å². The van der Waals surface area contributed by atoms with Crippen LogP contribution >= 0.6 is 0 Å². The number of hydrogen-bond acceptors (Lipinski definition) is 4. The Labute approximate surface area is 136 Å². The Bertz CT molecular complexity index is 770. The molecule has 1 atom stereocenters. The highest BCUT2D eigenvalue weighted by Crippen LogP contribution is 2.25. The summed E-state index contributed by atoms with van der Waals surface area (Å²) in [6.45, 7) is 3.20. The molecule has 1 N–H and O–H groups in total. The van der Waals surface area contributed by atoms with Crippen molar-refractivity contribution in [1.82, 2.24) is 0 Å². The summed E-state index contributed by atoms with van der Waals surface area (Å²) >= 11 is 0. The van der Waals surface area contributed by atoms with Crippen LogP contribution in [0.4, 0.5) is 5.69 Å². The van der Waals surface area contributed by atoms with Crippen molar-refractivity contribution in [1.29, 1.82) is 0 Å². The Morgan fingerprint density at radius 2 is 1.96 bits per heavy atom. The molecule has 0 amide bonds. The summed E-state index contributed by atoms with van der Waals surface area (Å²) in [6, 6.07) is 13.8. The first-order chi connectivity index (χ1) is 11.1. The lowest BCUT2D eigenvalue weighted by molar-refractivity contribution is 0.261. The van der Waals surface area contributed by atoms with E-state index in [1.54, 1.807) is 42.5 Å². The van der Waals surface area contributed by atoms with Gasteiger partial charge in [-0.15, -0.1) is 0 Å². The Hall–Kier alpha value is -2.05. The Morgan fingerprint density at radius 3 is 2.61 bits per heavy atom. The van der Waals surface area contributed by atoms with Gasteiger partial charge >= 0.3 is 0 Å². The van der Waals surface area contributed by atoms with Crippen LogP contribution < -0.4 is 9.46 Å². The third-order valence-electron chi connectivity index (χ3n) is 3.58. The highest BCUT2D eigenvalue weighted by molar-refractivity contribution is 7.92. The van der Waals surface area contributed by atoms with E-state index < -0.39 is 10.0 Å². The Balaban J connectivity index is 1.80. The third-order valence-corrected chi connectivity index (χ3v) is 4.96. The third kappa shape index (κ3) is 4.03. The second kappa shape index (κ2) is 6.60. The van der Waals surface area contributed by atoms with E-state index in [-0.39, 0.29) is 11.0 Å². The van der Waals surface area contributed by atoms with Gasteiger partial charge in [0.2, 0.25) is 0 Å². The number of aryl methyl sites for hydroxylation is 1. The molecule has 0 saturated carbocycles. The molecule has 0 bridgehead atoms. The van der Waals surface area contributed by atoms with Crippen molar-refractivity contribution in [3.8, 4) is 5.75 Å². The zero-order valence-corrected chi connectivity index (χ0v) is 13.7. The van der Waals surface area contributed by atoms with Crippen LogP contribution in [-0.4, -0.2) is 27.7 Å². The number of benzene rings is 2. The van der Waals surface area contributed by atoms with Crippen LogP contribution in [0.1, 0.15) is 12.5 Å². The molecule has 122 valence electrons. The van der Waals surface area contributed by atoms with Gasteiger partial charge in [-0.3, -0.25) is 4.72 Å². The number of epoxide rings is 1. The highest BCUT2D eigenvalue weighted by atomic mass is 32.2. The number of nitrogens with one attached hydrogen (secondary N) is 1. The summed E-state index contributed by atoms with van der Waals surface area (Å²) < 4.78 is 38.4. The molecule has 6 heteroatoms. The molecule has 1 heterocycles. The van der Waals surface area contributed by atoms with E-state index in [4.69, 9.17) is 9.47 Å². The van der Waals surface area contributed by atoms with Crippen molar-refractivity contribution in [2.45, 2.75) is 24.3 Å². The molecule has 1 fully saturated rings. The molecule has 0 spiro atoms. The maximum Gasteiger partial charge on any atom is 0.261 e. The lowest BCUT2D eigenvalue weighted by atomic mass is 10.1. The summed E-state index contributed by atoms with van der Waals surface area (Å²) in [6.07, 6.45) is 0.859. The monoisotopic (exact) mass is 333 g/mol. The van der Waals surface area contributed by atoms with Crippen LogP contribution in [0.25, 0.3) is 0 Å². The van der Waals surface area contributed by atoms with E-state index in [1.165, 1.54) is 0 Å². The van der Waals surface area contributed by atoms with Gasteiger partial charge in [0.25, 0.3) is 10.0 Å². The quantitative estimate of drug-likeness (QED) is 0.791. The minimum atomic E-state index is -3.61. The van der Waals surface area contributed by atoms with Gasteiger partial charge in [-0.25, -0.2) is 8.42 Å². The van der Waals surface area contributed by atoms with Crippen LogP contribution in [0.2, 0.25) is 0 Å². The molecule has 1 unspecified atom stereocenters. The standard InChI is InChI=1S/C17H19NO4S/c1-2-13-10-16(8-9-17(13)22-12-15-11-21-15)23(19,20)18-14-6-4-3-5-7-14/h3-10,15,18H,2,11-12H2,1H3. The van der Waals surface area contributed by atoms with Crippen LogP contribution in [0.3, 0.4) is 0 Å². The van der Waals surface area contributed by atoms with E-state index >= 15 is 0 Å². The van der Waals surface area contributed by atoms with Crippen LogP contribution in [-0.2, 0) is 21.2 Å². The zero-order valence-electron chi connectivity index (χ0n) is 12.9. The number of para-hydroxylation sites is 1. The molecule has 1 aliphatic heterocycles. The molecule has 2 aromatic carbocycles. The van der Waals surface area contributed by atoms with E-state index in [2.05, 4.69) is 4.72 Å². The first-order valence-corrected chi connectivity index (χ1v) is 9.02. The maximum absolute atomic E-state index is 12.5. The number of rotatable bonds is 7. The molecule has 0 radical (unpaired) electrons. The molecule has 23 heavy (non-hydrogen) atoms. The van der Waals surface area contributed by atoms with Gasteiger partial charge in [0.05, 0.1) is 11.5 Å². The van der Waals surface area contributed by atoms with Crippen molar-refractivity contribution < 1.29 is 17.9 Å². The SMILES string of the molecule is CCc1cc(S(=O)(=O)Nc2ccccc2)ccc1OCC1CO1. The van der Waals surface area contributed by atoms with Gasteiger partial charge < -0.3 is 9.47 Å². The molecule has 1 saturated heterocycles. The lowest BCUT2D eigenvalue weighted by Crippen LogP contribution is -2.13. The predicted molar refractivity (Wildman–Crippen MR) is 88.3 cm³/mol. The van der Waals surface area contributed by atoms with Crippen LogP contribution in [0, 0.1) is 0 Å². The number of anilines is 1. The molecule has 3 rings (SSSR count). The zero-order chi connectivity index (χ0) is 16.3. The number of sulfonamides is 1. The number of ether oxygens (including phenoxy) is 2. The summed E-state index contributed by atoms with van der Waals surface area (Å²) in [7, 11) is -3.61. The molecule has 0 aromatic heterocycles. The Kier molecular flexibility index (Phi) is 4.54. The second-order valence-electron chi connectivity index (χ2n) is 5.36. The summed E-state index contributed by atoms with van der Waals surface area (Å²) in [4.78, 5) is 0.230. The van der Waals surface area contributed by atoms with E-state index in [9.17, 15) is 8.42 Å². The number of hydrogen-bond donors (Lipinski definition) is 1. The maximum atomic E-state index is 12.5. The first-order valence-electron chi connectivity index (χ1n) is 7.53. The molecule has 0 aliphatic carbocycles. The molecular weight excluding hydrogens is 314 g/mol. The average Bonchev–Trinajstić information content (AvgIpc) is 3.37. The Morgan fingerprint density at radius 1 is 1.22 bits per heavy atom. The normalized spacial score (nSPS) is 16.8. The first kappa shape index (κ1) is 15.8. The van der Waals surface area contributed by atoms with Gasteiger partial charge in [0.1, 0.15) is 18.5 Å². The lowest BCUT2D eigenvalue weighted by Gasteiger charge is -2.13. The highest BCUT2D eigenvalue weighted by Gasteiger charge is 2.24. The van der Waals surface area contributed by atoms with Gasteiger partial charge in [-0.1, -0.05) is 25.1 Å². The summed E-state index contributed by atoms with van der Waals surface area (Å²) in [5.41, 5.74) is 1.40. The molecule has 5 nitrogen and oxygen atoms in total. The van der Waals surface area contributed by atoms with Crippen LogP contribution in [0.5, 0.6) is 5.75 Å². The summed E-state index contributed by atoms with van der Waals surface area (Å²) in [5.74, 6) is 0.710. The smallest absolute Gasteiger partial charge is 0.261 e. The van der Waals surface area contributed by atoms with Gasteiger partial charge in [-0.2, -0.15) is 0 Å². The fourth-order valence-corrected chi connectivity index (χ4v) is 3.32. The largest absolute Gasteiger partial charge is 0.491 e. The van der Waals surface area contributed by atoms with Gasteiger partial charge in [-0.05, 0) is 42.3 Å². The van der Waals surface area contributed by atoms with Crippen molar-refractivity contribution in [2.24, 2.45) is 0 Å². The van der Waals surface area contributed by atoms with E-state index in [0.29, 0.717) is 24.5 Å². The average molecular weight is 333 g/mol.